The molecule has 8 heteroatoms. The highest BCUT2D eigenvalue weighted by Gasteiger charge is 2.09. The van der Waals surface area contributed by atoms with Gasteiger partial charge in [0.05, 0.1) is 18.1 Å². The largest absolute Gasteiger partial charge is 0.329 e. The molecule has 0 atom stereocenters. The van der Waals surface area contributed by atoms with Crippen molar-refractivity contribution in [2.45, 2.75) is 20.4 Å². The van der Waals surface area contributed by atoms with E-state index in [1.165, 1.54) is 17.0 Å². The molecule has 116 valence electrons. The second kappa shape index (κ2) is 6.81. The molecule has 0 bridgehead atoms. The van der Waals surface area contributed by atoms with Crippen molar-refractivity contribution in [3.8, 4) is 0 Å². The number of rotatable bonds is 4. The maximum atomic E-state index is 12.2. The van der Waals surface area contributed by atoms with Crippen molar-refractivity contribution in [2.24, 2.45) is 5.73 Å². The molecular formula is C14H18N6O2. The smallest absolute Gasteiger partial charge is 0.325 e. The molecule has 2 aromatic rings. The molecule has 0 saturated carbocycles. The van der Waals surface area contributed by atoms with E-state index in [4.69, 9.17) is 5.73 Å². The van der Waals surface area contributed by atoms with Gasteiger partial charge in [-0.1, -0.05) is 0 Å². The molecule has 0 aliphatic heterocycles. The molecule has 2 rings (SSSR count). The number of carbonyl (C=O) groups excluding carboxylic acids is 1. The third-order valence-corrected chi connectivity index (χ3v) is 2.86. The third-order valence-electron chi connectivity index (χ3n) is 2.86. The Balaban J connectivity index is 2.14. The Bertz CT molecular complexity index is 723. The first kappa shape index (κ1) is 15.6. The summed E-state index contributed by atoms with van der Waals surface area (Å²) in [6.07, 6.45) is 4.68. The molecule has 0 saturated heterocycles. The van der Waals surface area contributed by atoms with Crippen molar-refractivity contribution in [3.05, 3.63) is 46.3 Å². The van der Waals surface area contributed by atoms with Gasteiger partial charge in [0.15, 0.2) is 5.82 Å². The number of urea groups is 1. The molecule has 0 unspecified atom stereocenters. The van der Waals surface area contributed by atoms with Gasteiger partial charge in [-0.3, -0.25) is 15.1 Å². The fourth-order valence-electron chi connectivity index (χ4n) is 1.91. The van der Waals surface area contributed by atoms with Gasteiger partial charge in [0, 0.05) is 19.3 Å². The zero-order valence-electron chi connectivity index (χ0n) is 12.5. The van der Waals surface area contributed by atoms with Gasteiger partial charge in [-0.2, -0.15) is 0 Å². The molecular weight excluding hydrogens is 284 g/mol. The van der Waals surface area contributed by atoms with Gasteiger partial charge in [0.2, 0.25) is 0 Å². The van der Waals surface area contributed by atoms with E-state index in [0.717, 1.165) is 11.3 Å². The summed E-state index contributed by atoms with van der Waals surface area (Å²) in [4.78, 5) is 32.2. The molecule has 0 aromatic carbocycles. The summed E-state index contributed by atoms with van der Waals surface area (Å²) >= 11 is 0. The van der Waals surface area contributed by atoms with Gasteiger partial charge in [-0.05, 0) is 25.5 Å². The number of carbonyl (C=O) groups is 1. The van der Waals surface area contributed by atoms with E-state index in [2.05, 4.69) is 20.6 Å². The first-order valence-corrected chi connectivity index (χ1v) is 6.77. The Morgan fingerprint density at radius 1 is 1.27 bits per heavy atom. The summed E-state index contributed by atoms with van der Waals surface area (Å²) in [7, 11) is 0. The Morgan fingerprint density at radius 3 is 2.68 bits per heavy atom. The number of nitrogens with one attached hydrogen (secondary N) is 2. The number of hydrogen-bond acceptors (Lipinski definition) is 5. The van der Waals surface area contributed by atoms with Gasteiger partial charge in [-0.15, -0.1) is 0 Å². The Hall–Kier alpha value is -2.74. The van der Waals surface area contributed by atoms with Crippen LogP contribution in [0.2, 0.25) is 0 Å². The number of hydrogen-bond donors (Lipinski definition) is 3. The van der Waals surface area contributed by atoms with Crippen LogP contribution < -0.4 is 21.9 Å². The minimum Gasteiger partial charge on any atom is -0.329 e. The number of aryl methyl sites for hydroxylation is 2. The normalized spacial score (nSPS) is 10.3. The maximum absolute atomic E-state index is 12.2. The zero-order valence-corrected chi connectivity index (χ0v) is 12.5. The molecule has 2 amide bonds. The van der Waals surface area contributed by atoms with E-state index in [9.17, 15) is 9.59 Å². The average Bonchev–Trinajstić information content (AvgIpc) is 2.46. The molecule has 0 aliphatic rings. The van der Waals surface area contributed by atoms with Crippen LogP contribution in [0.4, 0.5) is 16.3 Å². The van der Waals surface area contributed by atoms with Gasteiger partial charge in [0.1, 0.15) is 5.69 Å². The van der Waals surface area contributed by atoms with Crippen LogP contribution in [-0.2, 0) is 6.54 Å². The SMILES string of the molecule is Cc1cc(NC(=O)Nc2cnc(C)cn2)c(=O)n(CCN)c1. The van der Waals surface area contributed by atoms with Crippen LogP contribution in [0, 0.1) is 13.8 Å². The molecule has 2 aromatic heterocycles. The van der Waals surface area contributed by atoms with Gasteiger partial charge < -0.3 is 15.6 Å². The lowest BCUT2D eigenvalue weighted by Gasteiger charge is -2.10. The summed E-state index contributed by atoms with van der Waals surface area (Å²) < 4.78 is 1.47. The first-order valence-electron chi connectivity index (χ1n) is 6.77. The fraction of sp³-hybridized carbons (Fsp3) is 0.286. The lowest BCUT2D eigenvalue weighted by Crippen LogP contribution is -2.30. The summed E-state index contributed by atoms with van der Waals surface area (Å²) in [5, 5.41) is 5.04. The fourth-order valence-corrected chi connectivity index (χ4v) is 1.91. The van der Waals surface area contributed by atoms with Crippen molar-refractivity contribution < 1.29 is 4.79 Å². The van der Waals surface area contributed by atoms with Gasteiger partial charge in [-0.25, -0.2) is 9.78 Å². The molecule has 0 fully saturated rings. The van der Waals surface area contributed by atoms with Crippen LogP contribution in [0.25, 0.3) is 0 Å². The second-order valence-corrected chi connectivity index (χ2v) is 4.84. The number of amides is 2. The predicted octanol–water partition coefficient (Wildman–Crippen LogP) is 0.858. The highest BCUT2D eigenvalue weighted by atomic mass is 16.2. The molecule has 8 nitrogen and oxygen atoms in total. The van der Waals surface area contributed by atoms with Crippen LogP contribution in [0.3, 0.4) is 0 Å². The monoisotopic (exact) mass is 302 g/mol. The standard InChI is InChI=1S/C14H18N6O2/c1-9-5-11(13(21)20(8-9)4-3-15)18-14(22)19-12-7-16-10(2)6-17-12/h5-8H,3-4,15H2,1-2H3,(H2,17,18,19,22). The number of pyridine rings is 1. The van der Waals surface area contributed by atoms with Crippen LogP contribution in [-0.4, -0.2) is 27.1 Å². The highest BCUT2D eigenvalue weighted by Crippen LogP contribution is 2.06. The van der Waals surface area contributed by atoms with Crippen molar-refractivity contribution in [2.75, 3.05) is 17.2 Å². The summed E-state index contributed by atoms with van der Waals surface area (Å²) in [6.45, 7) is 4.36. The lowest BCUT2D eigenvalue weighted by molar-refractivity contribution is 0.262. The third kappa shape index (κ3) is 3.89. The minimum atomic E-state index is -0.555. The highest BCUT2D eigenvalue weighted by molar-refractivity contribution is 5.98. The van der Waals surface area contributed by atoms with Crippen molar-refractivity contribution in [1.29, 1.82) is 0 Å². The summed E-state index contributed by atoms with van der Waals surface area (Å²) in [5.41, 5.74) is 6.94. The Labute approximate surface area is 127 Å². The number of nitrogens with zero attached hydrogens (tertiary/aromatic N) is 3. The van der Waals surface area contributed by atoms with Gasteiger partial charge >= 0.3 is 6.03 Å². The van der Waals surface area contributed by atoms with Crippen LogP contribution >= 0.6 is 0 Å². The number of anilines is 2. The maximum Gasteiger partial charge on any atom is 0.325 e. The van der Waals surface area contributed by atoms with Crippen molar-refractivity contribution in [3.63, 3.8) is 0 Å². The van der Waals surface area contributed by atoms with E-state index in [-0.39, 0.29) is 11.2 Å². The molecule has 0 radical (unpaired) electrons. The summed E-state index contributed by atoms with van der Waals surface area (Å²) in [5.74, 6) is 0.304. The minimum absolute atomic E-state index is 0.186. The lowest BCUT2D eigenvalue weighted by atomic mass is 10.3. The second-order valence-electron chi connectivity index (χ2n) is 4.84. The van der Waals surface area contributed by atoms with Crippen molar-refractivity contribution in [1.82, 2.24) is 14.5 Å². The average molecular weight is 302 g/mol. The molecule has 0 spiro atoms. The molecule has 22 heavy (non-hydrogen) atoms. The topological polar surface area (TPSA) is 115 Å². The Morgan fingerprint density at radius 2 is 2.05 bits per heavy atom. The first-order chi connectivity index (χ1) is 10.5. The zero-order chi connectivity index (χ0) is 16.1. The van der Waals surface area contributed by atoms with Crippen molar-refractivity contribution >= 4 is 17.5 Å². The molecule has 4 N–H and O–H groups in total. The van der Waals surface area contributed by atoms with E-state index in [1.807, 2.05) is 6.92 Å². The van der Waals surface area contributed by atoms with Gasteiger partial charge in [0.25, 0.3) is 5.56 Å². The predicted molar refractivity (Wildman–Crippen MR) is 83.9 cm³/mol. The van der Waals surface area contributed by atoms with E-state index < -0.39 is 6.03 Å². The summed E-state index contributed by atoms with van der Waals surface area (Å²) in [6, 6.07) is 1.05. The van der Waals surface area contributed by atoms with E-state index in [1.54, 1.807) is 19.2 Å². The quantitative estimate of drug-likeness (QED) is 0.774. The van der Waals surface area contributed by atoms with E-state index in [0.29, 0.717) is 18.9 Å². The molecule has 0 aliphatic carbocycles. The number of aromatic nitrogens is 3. The molecule has 2 heterocycles. The van der Waals surface area contributed by atoms with Crippen LogP contribution in [0.5, 0.6) is 0 Å². The van der Waals surface area contributed by atoms with E-state index >= 15 is 0 Å². The Kier molecular flexibility index (Phi) is 4.84. The van der Waals surface area contributed by atoms with Crippen LogP contribution in [0.15, 0.2) is 29.5 Å². The van der Waals surface area contributed by atoms with Crippen LogP contribution in [0.1, 0.15) is 11.3 Å². The number of nitrogens with two attached hydrogens (primary N) is 1.